The van der Waals surface area contributed by atoms with E-state index in [0.29, 0.717) is 0 Å². The van der Waals surface area contributed by atoms with Gasteiger partial charge in [-0.15, -0.1) is 23.1 Å². The van der Waals surface area contributed by atoms with Crippen molar-refractivity contribution in [3.8, 4) is 0 Å². The van der Waals surface area contributed by atoms with Gasteiger partial charge in [0.05, 0.1) is 0 Å². The molecule has 1 atom stereocenters. The lowest BCUT2D eigenvalue weighted by atomic mass is 10.1. The average molecular weight is 334 g/mol. The highest BCUT2D eigenvalue weighted by molar-refractivity contribution is 7.99. The lowest BCUT2D eigenvalue weighted by Gasteiger charge is -2.11. The first kappa shape index (κ1) is 14.9. The van der Waals surface area contributed by atoms with Gasteiger partial charge in [0.25, 0.3) is 0 Å². The number of benzene rings is 2. The molecule has 0 saturated heterocycles. The van der Waals surface area contributed by atoms with Gasteiger partial charge in [0.1, 0.15) is 0 Å². The van der Waals surface area contributed by atoms with E-state index in [1.807, 2.05) is 24.3 Å². The number of hydrogen-bond donors (Lipinski definition) is 1. The van der Waals surface area contributed by atoms with Crippen molar-refractivity contribution in [2.45, 2.75) is 17.4 Å². The number of rotatable bonds is 5. The summed E-state index contributed by atoms with van der Waals surface area (Å²) in [6.45, 7) is 0. The molecule has 1 aromatic heterocycles. The van der Waals surface area contributed by atoms with Crippen molar-refractivity contribution in [2.75, 3.05) is 5.75 Å². The molecule has 0 aliphatic heterocycles. The first-order valence-electron chi connectivity index (χ1n) is 6.81. The number of thioether (sulfide) groups is 1. The molecule has 0 saturated carbocycles. The van der Waals surface area contributed by atoms with E-state index in [0.717, 1.165) is 17.2 Å². The molecule has 1 heterocycles. The van der Waals surface area contributed by atoms with Crippen molar-refractivity contribution in [1.82, 2.24) is 0 Å². The Morgan fingerprint density at radius 2 is 1.86 bits per heavy atom. The summed E-state index contributed by atoms with van der Waals surface area (Å²) in [6.07, 6.45) is 0.921. The summed E-state index contributed by atoms with van der Waals surface area (Å²) >= 11 is 9.47. The Balaban J connectivity index is 1.61. The summed E-state index contributed by atoms with van der Waals surface area (Å²) in [5, 5.41) is 4.35. The summed E-state index contributed by atoms with van der Waals surface area (Å²) in [5.41, 5.74) is 7.65. The topological polar surface area (TPSA) is 26.0 Å². The number of nitrogens with two attached hydrogens (primary N) is 1. The quantitative estimate of drug-likeness (QED) is 0.648. The Bertz CT molecular complexity index is 721. The molecule has 0 aliphatic rings. The zero-order chi connectivity index (χ0) is 14.7. The number of fused-ring (bicyclic) bond motifs is 1. The molecule has 21 heavy (non-hydrogen) atoms. The Kier molecular flexibility index (Phi) is 4.86. The Labute approximate surface area is 138 Å². The minimum atomic E-state index is 0.156. The summed E-state index contributed by atoms with van der Waals surface area (Å²) in [5.74, 6) is 0.909. The molecule has 4 heteroatoms. The standard InChI is InChI=1S/C17H16ClNS2/c18-13-5-7-15(8-6-13)20-11-14(19)9-12-10-21-17-4-2-1-3-16(12)17/h1-8,10,14H,9,11,19H2. The van der Waals surface area contributed by atoms with Gasteiger partial charge in [-0.05, 0) is 53.1 Å². The molecular formula is C17H16ClNS2. The van der Waals surface area contributed by atoms with Crippen LogP contribution in [-0.4, -0.2) is 11.8 Å². The number of hydrogen-bond acceptors (Lipinski definition) is 3. The van der Waals surface area contributed by atoms with Crippen molar-refractivity contribution >= 4 is 44.8 Å². The highest BCUT2D eigenvalue weighted by atomic mass is 35.5. The molecular weight excluding hydrogens is 318 g/mol. The van der Waals surface area contributed by atoms with Crippen LogP contribution in [0.15, 0.2) is 58.8 Å². The maximum atomic E-state index is 6.29. The third-order valence-electron chi connectivity index (χ3n) is 3.32. The zero-order valence-corrected chi connectivity index (χ0v) is 13.8. The minimum Gasteiger partial charge on any atom is -0.327 e. The Hall–Kier alpha value is -1.00. The molecule has 0 spiro atoms. The molecule has 3 rings (SSSR count). The highest BCUT2D eigenvalue weighted by Gasteiger charge is 2.09. The van der Waals surface area contributed by atoms with Gasteiger partial charge in [0, 0.05) is 26.4 Å². The third-order valence-corrected chi connectivity index (χ3v) is 5.79. The van der Waals surface area contributed by atoms with E-state index in [4.69, 9.17) is 17.3 Å². The summed E-state index contributed by atoms with van der Waals surface area (Å²) in [6, 6.07) is 16.6. The van der Waals surface area contributed by atoms with Crippen LogP contribution in [0.5, 0.6) is 0 Å². The molecule has 1 unspecified atom stereocenters. The summed E-state index contributed by atoms with van der Waals surface area (Å²) in [4.78, 5) is 1.21. The van der Waals surface area contributed by atoms with Gasteiger partial charge in [-0.25, -0.2) is 0 Å². The van der Waals surface area contributed by atoms with E-state index < -0.39 is 0 Å². The van der Waals surface area contributed by atoms with Crippen LogP contribution in [0.2, 0.25) is 5.02 Å². The van der Waals surface area contributed by atoms with Gasteiger partial charge in [-0.3, -0.25) is 0 Å². The molecule has 108 valence electrons. The fourth-order valence-electron chi connectivity index (χ4n) is 2.27. The van der Waals surface area contributed by atoms with Gasteiger partial charge in [0.15, 0.2) is 0 Å². The molecule has 0 fully saturated rings. The lowest BCUT2D eigenvalue weighted by molar-refractivity contribution is 0.754. The summed E-state index contributed by atoms with van der Waals surface area (Å²) in [7, 11) is 0. The molecule has 0 bridgehead atoms. The molecule has 0 aliphatic carbocycles. The van der Waals surface area contributed by atoms with E-state index in [1.165, 1.54) is 20.5 Å². The first-order valence-corrected chi connectivity index (χ1v) is 9.06. The van der Waals surface area contributed by atoms with Crippen molar-refractivity contribution in [1.29, 1.82) is 0 Å². The van der Waals surface area contributed by atoms with E-state index >= 15 is 0 Å². The monoisotopic (exact) mass is 333 g/mol. The normalized spacial score (nSPS) is 12.7. The predicted molar refractivity (Wildman–Crippen MR) is 95.7 cm³/mol. The maximum absolute atomic E-state index is 6.29. The van der Waals surface area contributed by atoms with Gasteiger partial charge < -0.3 is 5.73 Å². The van der Waals surface area contributed by atoms with Gasteiger partial charge in [0.2, 0.25) is 0 Å². The fourth-order valence-corrected chi connectivity index (χ4v) is 4.22. The second-order valence-electron chi connectivity index (χ2n) is 4.99. The fraction of sp³-hybridized carbons (Fsp3) is 0.176. The van der Waals surface area contributed by atoms with E-state index in [-0.39, 0.29) is 6.04 Å². The van der Waals surface area contributed by atoms with Gasteiger partial charge in [-0.2, -0.15) is 0 Å². The lowest BCUT2D eigenvalue weighted by Crippen LogP contribution is -2.25. The van der Waals surface area contributed by atoms with Crippen LogP contribution in [-0.2, 0) is 6.42 Å². The molecule has 2 aromatic carbocycles. The third kappa shape index (κ3) is 3.80. The smallest absolute Gasteiger partial charge is 0.0406 e. The van der Waals surface area contributed by atoms with Crippen molar-refractivity contribution < 1.29 is 0 Å². The Morgan fingerprint density at radius 1 is 1.10 bits per heavy atom. The molecule has 2 N–H and O–H groups in total. The zero-order valence-electron chi connectivity index (χ0n) is 11.5. The van der Waals surface area contributed by atoms with Crippen LogP contribution in [0.25, 0.3) is 10.1 Å². The van der Waals surface area contributed by atoms with E-state index in [1.54, 1.807) is 23.1 Å². The molecule has 0 amide bonds. The van der Waals surface area contributed by atoms with E-state index in [2.05, 4.69) is 29.6 Å². The first-order chi connectivity index (χ1) is 10.2. The SMILES string of the molecule is NC(CSc1ccc(Cl)cc1)Cc1csc2ccccc12. The van der Waals surface area contributed by atoms with Crippen molar-refractivity contribution in [2.24, 2.45) is 5.73 Å². The number of thiophene rings is 1. The maximum Gasteiger partial charge on any atom is 0.0406 e. The number of halogens is 1. The van der Waals surface area contributed by atoms with E-state index in [9.17, 15) is 0 Å². The highest BCUT2D eigenvalue weighted by Crippen LogP contribution is 2.27. The van der Waals surface area contributed by atoms with Crippen LogP contribution in [0.3, 0.4) is 0 Å². The predicted octanol–water partition coefficient (Wildman–Crippen LogP) is 5.22. The summed E-state index contributed by atoms with van der Waals surface area (Å²) < 4.78 is 1.34. The molecule has 3 aromatic rings. The van der Waals surface area contributed by atoms with Gasteiger partial charge >= 0.3 is 0 Å². The van der Waals surface area contributed by atoms with Crippen LogP contribution in [0.1, 0.15) is 5.56 Å². The van der Waals surface area contributed by atoms with Crippen LogP contribution in [0.4, 0.5) is 0 Å². The van der Waals surface area contributed by atoms with Crippen molar-refractivity contribution in [3.05, 3.63) is 64.5 Å². The van der Waals surface area contributed by atoms with Crippen LogP contribution in [0, 0.1) is 0 Å². The van der Waals surface area contributed by atoms with Crippen molar-refractivity contribution in [3.63, 3.8) is 0 Å². The molecule has 0 radical (unpaired) electrons. The van der Waals surface area contributed by atoms with Crippen LogP contribution < -0.4 is 5.73 Å². The average Bonchev–Trinajstić information content (AvgIpc) is 2.90. The minimum absolute atomic E-state index is 0.156. The molecule has 1 nitrogen and oxygen atoms in total. The largest absolute Gasteiger partial charge is 0.327 e. The van der Waals surface area contributed by atoms with Gasteiger partial charge in [-0.1, -0.05) is 29.8 Å². The second kappa shape index (κ2) is 6.84. The van der Waals surface area contributed by atoms with Crippen LogP contribution >= 0.6 is 34.7 Å². The second-order valence-corrected chi connectivity index (χ2v) is 7.43. The Morgan fingerprint density at radius 3 is 2.67 bits per heavy atom.